The molecular weight excluding hydrogens is 516 g/mol. The molecule has 1 aliphatic heterocycles. The molecule has 6 heteroatoms. The highest BCUT2D eigenvalue weighted by Crippen LogP contribution is 2.69. The van der Waals surface area contributed by atoms with Crippen molar-refractivity contribution in [2.75, 3.05) is 6.61 Å². The maximum Gasteiger partial charge on any atom is 0.0930 e. The number of hydrogen-bond donors (Lipinski definition) is 5. The average Bonchev–Trinajstić information content (AvgIpc) is 3.23. The molecule has 6 nitrogen and oxygen atoms in total. The van der Waals surface area contributed by atoms with Crippen molar-refractivity contribution in [2.45, 2.75) is 159 Å². The zero-order valence-electron chi connectivity index (χ0n) is 25.9. The molecular formula is C35H58O6. The highest BCUT2D eigenvalue weighted by atomic mass is 16.6. The second-order valence-corrected chi connectivity index (χ2v) is 16.4. The minimum Gasteiger partial charge on any atom is -0.393 e. The van der Waals surface area contributed by atoms with Crippen LogP contribution in [0.15, 0.2) is 11.6 Å². The lowest BCUT2D eigenvalue weighted by Crippen LogP contribution is -2.51. The van der Waals surface area contributed by atoms with Crippen molar-refractivity contribution >= 4 is 0 Å². The van der Waals surface area contributed by atoms with E-state index in [1.807, 2.05) is 0 Å². The number of aliphatic hydroxyl groups excluding tert-OH is 4. The molecule has 5 saturated carbocycles. The fourth-order valence-electron chi connectivity index (χ4n) is 11.3. The molecule has 6 aliphatic rings. The summed E-state index contributed by atoms with van der Waals surface area (Å²) < 4.78 is 6.66. The minimum atomic E-state index is -0.702. The molecule has 13 unspecified atom stereocenters. The Labute approximate surface area is 248 Å². The summed E-state index contributed by atoms with van der Waals surface area (Å²) in [5.41, 5.74) is 1.06. The van der Waals surface area contributed by atoms with Gasteiger partial charge in [-0.25, -0.2) is 0 Å². The summed E-state index contributed by atoms with van der Waals surface area (Å²) in [4.78, 5) is 0. The topological polar surface area (TPSA) is 114 Å². The van der Waals surface area contributed by atoms with Crippen LogP contribution in [0.2, 0.25) is 0 Å². The Balaban J connectivity index is 1.16. The van der Waals surface area contributed by atoms with E-state index in [1.54, 1.807) is 6.92 Å². The van der Waals surface area contributed by atoms with E-state index in [0.29, 0.717) is 30.1 Å². The van der Waals surface area contributed by atoms with Crippen LogP contribution >= 0.6 is 0 Å². The molecule has 0 aromatic heterocycles. The number of aliphatic hydroxyl groups is 5. The van der Waals surface area contributed by atoms with Crippen molar-refractivity contribution < 1.29 is 30.3 Å². The number of ether oxygens (including phenoxy) is 1. The van der Waals surface area contributed by atoms with E-state index in [-0.39, 0.29) is 41.2 Å². The molecule has 0 aromatic rings. The van der Waals surface area contributed by atoms with Gasteiger partial charge in [0.25, 0.3) is 0 Å². The Morgan fingerprint density at radius 1 is 1.00 bits per heavy atom. The predicted octanol–water partition coefficient (Wildman–Crippen LogP) is 5.28. The van der Waals surface area contributed by atoms with Crippen LogP contribution in [0.3, 0.4) is 0 Å². The summed E-state index contributed by atoms with van der Waals surface area (Å²) in [6.07, 6.45) is 16.8. The Morgan fingerprint density at radius 2 is 1.80 bits per heavy atom. The molecule has 41 heavy (non-hydrogen) atoms. The van der Waals surface area contributed by atoms with Crippen molar-refractivity contribution in [1.29, 1.82) is 0 Å². The van der Waals surface area contributed by atoms with Crippen LogP contribution in [-0.4, -0.2) is 67.8 Å². The van der Waals surface area contributed by atoms with Gasteiger partial charge in [0.1, 0.15) is 0 Å². The van der Waals surface area contributed by atoms with Gasteiger partial charge in [-0.3, -0.25) is 0 Å². The fraction of sp³-hybridized carbons (Fsp3) is 0.943. The second kappa shape index (κ2) is 11.1. The summed E-state index contributed by atoms with van der Waals surface area (Å²) in [6.45, 7) is 6.64. The first kappa shape index (κ1) is 30.5. The molecule has 0 aromatic carbocycles. The third kappa shape index (κ3) is 5.61. The smallest absolute Gasteiger partial charge is 0.0930 e. The van der Waals surface area contributed by atoms with Crippen LogP contribution in [0.25, 0.3) is 0 Å². The molecule has 1 heterocycles. The van der Waals surface area contributed by atoms with E-state index < -0.39 is 17.8 Å². The quantitative estimate of drug-likeness (QED) is 0.209. The second-order valence-electron chi connectivity index (χ2n) is 16.4. The Kier molecular flexibility index (Phi) is 8.29. The normalized spacial score (nSPS) is 52.2. The van der Waals surface area contributed by atoms with E-state index in [4.69, 9.17) is 4.74 Å². The van der Waals surface area contributed by atoms with Gasteiger partial charge in [0.2, 0.25) is 0 Å². The number of fused-ring (bicyclic) bond motifs is 3. The largest absolute Gasteiger partial charge is 0.393 e. The highest BCUT2D eigenvalue weighted by Gasteiger charge is 2.67. The van der Waals surface area contributed by atoms with Crippen LogP contribution in [0, 0.1) is 40.4 Å². The van der Waals surface area contributed by atoms with Crippen molar-refractivity contribution in [2.24, 2.45) is 40.4 Å². The van der Waals surface area contributed by atoms with Gasteiger partial charge in [-0.1, -0.05) is 18.6 Å². The summed E-state index contributed by atoms with van der Waals surface area (Å²) in [5.74, 6) is 2.46. The number of hydrogen-bond acceptors (Lipinski definition) is 6. The maximum absolute atomic E-state index is 11.2. The van der Waals surface area contributed by atoms with Crippen LogP contribution in [0.4, 0.5) is 0 Å². The van der Waals surface area contributed by atoms with Gasteiger partial charge in [-0.05, 0) is 145 Å². The van der Waals surface area contributed by atoms with Gasteiger partial charge in [0.05, 0.1) is 42.2 Å². The third-order valence-corrected chi connectivity index (χ3v) is 13.7. The predicted molar refractivity (Wildman–Crippen MR) is 159 cm³/mol. The Bertz CT molecular complexity index is 982. The SMILES string of the molecule is CC(O)C(O)C1CCC(C2(C)CC3C(=CCO)CC4(CCC(CCC5(O)CCCC(O)C5)C4)C4OC4(C)CCC32)C1. The number of rotatable bonds is 7. The lowest BCUT2D eigenvalue weighted by atomic mass is 9.46. The van der Waals surface area contributed by atoms with E-state index >= 15 is 0 Å². The first-order valence-corrected chi connectivity index (χ1v) is 17.1. The molecule has 5 N–H and O–H groups in total. The molecule has 6 rings (SSSR count). The summed E-state index contributed by atoms with van der Waals surface area (Å²) in [5, 5.41) is 52.1. The molecule has 6 fully saturated rings. The maximum atomic E-state index is 11.2. The standard InChI is InChI=1S/C35H58O6/c1-22(37)30(39)24-6-7-26(17-24)32(2)21-28-25(11-16-36)19-34(31-33(3,41-31)13-10-29(28)32)14-8-23(18-34)9-15-35(40)12-4-5-27(38)20-35/h11,22-24,26-31,36-40H,4-10,12-21H2,1-3H3. The number of epoxide rings is 1. The Hall–Kier alpha value is -0.500. The molecule has 234 valence electrons. The molecule has 0 amide bonds. The van der Waals surface area contributed by atoms with Crippen molar-refractivity contribution in [3.05, 3.63) is 11.6 Å². The third-order valence-electron chi connectivity index (χ3n) is 13.7. The van der Waals surface area contributed by atoms with Gasteiger partial charge >= 0.3 is 0 Å². The highest BCUT2D eigenvalue weighted by molar-refractivity contribution is 5.25. The van der Waals surface area contributed by atoms with Gasteiger partial charge < -0.3 is 30.3 Å². The Morgan fingerprint density at radius 3 is 2.54 bits per heavy atom. The zero-order valence-corrected chi connectivity index (χ0v) is 25.9. The lowest BCUT2D eigenvalue weighted by molar-refractivity contribution is -0.0740. The molecule has 1 saturated heterocycles. The van der Waals surface area contributed by atoms with E-state index in [0.717, 1.165) is 83.5 Å². The molecule has 5 aliphatic carbocycles. The molecule has 0 radical (unpaired) electrons. The molecule has 1 spiro atoms. The van der Waals surface area contributed by atoms with E-state index in [1.165, 1.54) is 18.4 Å². The monoisotopic (exact) mass is 574 g/mol. The summed E-state index contributed by atoms with van der Waals surface area (Å²) >= 11 is 0. The summed E-state index contributed by atoms with van der Waals surface area (Å²) in [7, 11) is 0. The first-order chi connectivity index (χ1) is 19.4. The summed E-state index contributed by atoms with van der Waals surface area (Å²) in [6, 6.07) is 0. The minimum absolute atomic E-state index is 0.0585. The zero-order chi connectivity index (χ0) is 29.2. The average molecular weight is 575 g/mol. The number of allylic oxidation sites excluding steroid dienone is 1. The van der Waals surface area contributed by atoms with Crippen molar-refractivity contribution in [1.82, 2.24) is 0 Å². The van der Waals surface area contributed by atoms with Gasteiger partial charge in [-0.15, -0.1) is 0 Å². The van der Waals surface area contributed by atoms with E-state index in [2.05, 4.69) is 19.9 Å². The van der Waals surface area contributed by atoms with Crippen LogP contribution in [-0.2, 0) is 4.74 Å². The van der Waals surface area contributed by atoms with Gasteiger partial charge in [-0.2, -0.15) is 0 Å². The van der Waals surface area contributed by atoms with E-state index in [9.17, 15) is 25.5 Å². The molecule has 0 bridgehead atoms. The van der Waals surface area contributed by atoms with Gasteiger partial charge in [0, 0.05) is 11.8 Å². The van der Waals surface area contributed by atoms with Crippen molar-refractivity contribution in [3.63, 3.8) is 0 Å². The van der Waals surface area contributed by atoms with Crippen LogP contribution < -0.4 is 0 Å². The first-order valence-electron chi connectivity index (χ1n) is 17.1. The fourth-order valence-corrected chi connectivity index (χ4v) is 11.3. The van der Waals surface area contributed by atoms with Crippen LogP contribution in [0.1, 0.15) is 124 Å². The molecule has 13 atom stereocenters. The lowest BCUT2D eigenvalue weighted by Gasteiger charge is -2.59. The van der Waals surface area contributed by atoms with Crippen molar-refractivity contribution in [3.8, 4) is 0 Å². The van der Waals surface area contributed by atoms with Gasteiger partial charge in [0.15, 0.2) is 0 Å². The van der Waals surface area contributed by atoms with Crippen LogP contribution in [0.5, 0.6) is 0 Å².